The van der Waals surface area contributed by atoms with Gasteiger partial charge in [-0.25, -0.2) is 0 Å². The molecule has 108 valence electrons. The van der Waals surface area contributed by atoms with Crippen molar-refractivity contribution in [2.24, 2.45) is 0 Å². The molecule has 0 spiro atoms. The van der Waals surface area contributed by atoms with Crippen molar-refractivity contribution < 1.29 is 19.4 Å². The molecule has 0 radical (unpaired) electrons. The summed E-state index contributed by atoms with van der Waals surface area (Å²) in [6.45, 7) is 1.62. The quantitative estimate of drug-likeness (QED) is 0.819. The Kier molecular flexibility index (Phi) is 5.09. The predicted octanol–water partition coefficient (Wildman–Crippen LogP) is 0.483. The molecule has 1 unspecified atom stereocenters. The van der Waals surface area contributed by atoms with E-state index in [0.717, 1.165) is 6.54 Å². The van der Waals surface area contributed by atoms with Crippen molar-refractivity contribution in [3.8, 4) is 0 Å². The van der Waals surface area contributed by atoms with E-state index in [1.165, 1.54) is 4.90 Å². The third-order valence-electron chi connectivity index (χ3n) is 3.07. The van der Waals surface area contributed by atoms with Gasteiger partial charge in [-0.2, -0.15) is 0 Å². The molecule has 1 aromatic carbocycles. The number of carbonyl (C=O) groups excluding carboxylic acids is 1. The van der Waals surface area contributed by atoms with Crippen LogP contribution in [0.4, 0.5) is 5.69 Å². The molecular weight excluding hydrogens is 260 g/mol. The maximum Gasteiger partial charge on any atom is 0.323 e. The predicted molar refractivity (Wildman–Crippen MR) is 73.7 cm³/mol. The Labute approximate surface area is 117 Å². The summed E-state index contributed by atoms with van der Waals surface area (Å²) in [6, 6.07) is 8.81. The first kappa shape index (κ1) is 14.5. The Bertz CT molecular complexity index is 458. The molecule has 1 amide bonds. The fourth-order valence-corrected chi connectivity index (χ4v) is 2.12. The zero-order valence-corrected chi connectivity index (χ0v) is 11.1. The Morgan fingerprint density at radius 3 is 2.70 bits per heavy atom. The van der Waals surface area contributed by atoms with E-state index in [1.807, 2.05) is 6.07 Å². The molecule has 1 heterocycles. The molecule has 1 saturated heterocycles. The van der Waals surface area contributed by atoms with Crippen molar-refractivity contribution in [1.82, 2.24) is 5.32 Å². The summed E-state index contributed by atoms with van der Waals surface area (Å²) in [6.07, 6.45) is -0.0221. The minimum Gasteiger partial charge on any atom is -0.480 e. The normalized spacial score (nSPS) is 18.5. The highest BCUT2D eigenvalue weighted by molar-refractivity contribution is 5.97. The summed E-state index contributed by atoms with van der Waals surface area (Å²) in [5, 5.41) is 12.1. The van der Waals surface area contributed by atoms with Crippen molar-refractivity contribution in [1.29, 1.82) is 0 Å². The maximum atomic E-state index is 12.3. The van der Waals surface area contributed by atoms with Gasteiger partial charge in [0.2, 0.25) is 5.91 Å². The van der Waals surface area contributed by atoms with E-state index < -0.39 is 5.97 Å². The van der Waals surface area contributed by atoms with Crippen LogP contribution >= 0.6 is 0 Å². The number of carboxylic acids is 1. The molecule has 1 aliphatic heterocycles. The molecular formula is C14H18N2O4. The number of aliphatic carboxylic acids is 1. The van der Waals surface area contributed by atoms with Gasteiger partial charge < -0.3 is 20.1 Å². The number of para-hydroxylation sites is 1. The molecule has 1 aromatic rings. The highest BCUT2D eigenvalue weighted by Crippen LogP contribution is 2.16. The van der Waals surface area contributed by atoms with Crippen LogP contribution < -0.4 is 10.2 Å². The molecule has 0 aromatic heterocycles. The molecule has 6 nitrogen and oxygen atoms in total. The van der Waals surface area contributed by atoms with E-state index in [-0.39, 0.29) is 25.0 Å². The van der Waals surface area contributed by atoms with Gasteiger partial charge in [0.25, 0.3) is 0 Å². The van der Waals surface area contributed by atoms with Gasteiger partial charge in [-0.1, -0.05) is 18.2 Å². The molecule has 2 rings (SSSR count). The van der Waals surface area contributed by atoms with Crippen LogP contribution in [-0.2, 0) is 14.3 Å². The third kappa shape index (κ3) is 4.04. The SMILES string of the molecule is O=C(O)CN(C(=O)CC1CNCCO1)c1ccccc1. The minimum absolute atomic E-state index is 0.176. The lowest BCUT2D eigenvalue weighted by molar-refractivity contribution is -0.137. The van der Waals surface area contributed by atoms with E-state index in [9.17, 15) is 9.59 Å². The van der Waals surface area contributed by atoms with Crippen molar-refractivity contribution in [3.63, 3.8) is 0 Å². The van der Waals surface area contributed by atoms with Gasteiger partial charge in [0.1, 0.15) is 6.54 Å². The van der Waals surface area contributed by atoms with Crippen LogP contribution in [0.3, 0.4) is 0 Å². The Morgan fingerprint density at radius 2 is 2.10 bits per heavy atom. The van der Waals surface area contributed by atoms with Crippen LogP contribution in [-0.4, -0.2) is 49.3 Å². The van der Waals surface area contributed by atoms with Gasteiger partial charge in [0.15, 0.2) is 0 Å². The standard InChI is InChI=1S/C14H18N2O4/c17-13(8-12-9-15-6-7-20-12)16(10-14(18)19)11-4-2-1-3-5-11/h1-5,12,15H,6-10H2,(H,18,19). The van der Waals surface area contributed by atoms with Crippen molar-refractivity contribution in [2.45, 2.75) is 12.5 Å². The van der Waals surface area contributed by atoms with Crippen LogP contribution in [0.15, 0.2) is 30.3 Å². The average Bonchev–Trinajstić information content (AvgIpc) is 2.46. The van der Waals surface area contributed by atoms with E-state index in [4.69, 9.17) is 9.84 Å². The second-order valence-electron chi connectivity index (χ2n) is 4.61. The number of carboxylic acid groups (broad SMARTS) is 1. The molecule has 1 aliphatic rings. The highest BCUT2D eigenvalue weighted by atomic mass is 16.5. The number of ether oxygens (including phenoxy) is 1. The number of nitrogens with zero attached hydrogens (tertiary/aromatic N) is 1. The number of hydrogen-bond acceptors (Lipinski definition) is 4. The number of amides is 1. The number of carbonyl (C=O) groups is 2. The Balaban J connectivity index is 2.05. The van der Waals surface area contributed by atoms with Crippen molar-refractivity contribution in [2.75, 3.05) is 31.1 Å². The summed E-state index contributed by atoms with van der Waals surface area (Å²) in [5.74, 6) is -1.28. The first-order valence-electron chi connectivity index (χ1n) is 6.56. The molecule has 2 N–H and O–H groups in total. The molecule has 0 bridgehead atoms. The number of hydrogen-bond donors (Lipinski definition) is 2. The number of nitrogens with one attached hydrogen (secondary N) is 1. The molecule has 20 heavy (non-hydrogen) atoms. The van der Waals surface area contributed by atoms with E-state index in [0.29, 0.717) is 18.8 Å². The topological polar surface area (TPSA) is 78.9 Å². The third-order valence-corrected chi connectivity index (χ3v) is 3.07. The lowest BCUT2D eigenvalue weighted by atomic mass is 10.2. The number of rotatable bonds is 5. The zero-order chi connectivity index (χ0) is 14.4. The fourth-order valence-electron chi connectivity index (χ4n) is 2.12. The van der Waals surface area contributed by atoms with E-state index in [1.54, 1.807) is 24.3 Å². The number of benzene rings is 1. The smallest absolute Gasteiger partial charge is 0.323 e. The first-order chi connectivity index (χ1) is 9.66. The number of morpholine rings is 1. The Morgan fingerprint density at radius 1 is 1.35 bits per heavy atom. The highest BCUT2D eigenvalue weighted by Gasteiger charge is 2.24. The summed E-state index contributed by atoms with van der Waals surface area (Å²) in [5.41, 5.74) is 0.587. The molecule has 1 atom stereocenters. The maximum absolute atomic E-state index is 12.3. The van der Waals surface area contributed by atoms with E-state index >= 15 is 0 Å². The summed E-state index contributed by atoms with van der Waals surface area (Å²) in [7, 11) is 0. The van der Waals surface area contributed by atoms with Gasteiger partial charge in [-0.15, -0.1) is 0 Å². The summed E-state index contributed by atoms with van der Waals surface area (Å²) >= 11 is 0. The summed E-state index contributed by atoms with van der Waals surface area (Å²) in [4.78, 5) is 24.5. The monoisotopic (exact) mass is 278 g/mol. The van der Waals surface area contributed by atoms with E-state index in [2.05, 4.69) is 5.32 Å². The van der Waals surface area contributed by atoms with Crippen LogP contribution in [0.2, 0.25) is 0 Å². The van der Waals surface area contributed by atoms with Gasteiger partial charge in [0.05, 0.1) is 19.1 Å². The lowest BCUT2D eigenvalue weighted by Gasteiger charge is -2.26. The summed E-state index contributed by atoms with van der Waals surface area (Å²) < 4.78 is 5.48. The van der Waals surface area contributed by atoms with Crippen molar-refractivity contribution >= 4 is 17.6 Å². The van der Waals surface area contributed by atoms with Crippen LogP contribution in [0, 0.1) is 0 Å². The largest absolute Gasteiger partial charge is 0.480 e. The van der Waals surface area contributed by atoms with Crippen LogP contribution in [0.25, 0.3) is 0 Å². The minimum atomic E-state index is -1.04. The first-order valence-corrected chi connectivity index (χ1v) is 6.56. The van der Waals surface area contributed by atoms with Crippen LogP contribution in [0.5, 0.6) is 0 Å². The Hall–Kier alpha value is -1.92. The second kappa shape index (κ2) is 7.02. The fraction of sp³-hybridized carbons (Fsp3) is 0.429. The van der Waals surface area contributed by atoms with Gasteiger partial charge >= 0.3 is 5.97 Å². The van der Waals surface area contributed by atoms with Crippen LogP contribution in [0.1, 0.15) is 6.42 Å². The second-order valence-corrected chi connectivity index (χ2v) is 4.61. The molecule has 0 aliphatic carbocycles. The molecule has 0 saturated carbocycles. The molecule has 1 fully saturated rings. The zero-order valence-electron chi connectivity index (χ0n) is 11.1. The van der Waals surface area contributed by atoms with Gasteiger partial charge in [0, 0.05) is 18.8 Å². The number of anilines is 1. The molecule has 6 heteroatoms. The van der Waals surface area contributed by atoms with Crippen molar-refractivity contribution in [3.05, 3.63) is 30.3 Å². The van der Waals surface area contributed by atoms with Gasteiger partial charge in [-0.3, -0.25) is 9.59 Å². The average molecular weight is 278 g/mol. The van der Waals surface area contributed by atoms with Gasteiger partial charge in [-0.05, 0) is 12.1 Å². The lowest BCUT2D eigenvalue weighted by Crippen LogP contribution is -2.43.